The van der Waals surface area contributed by atoms with Gasteiger partial charge in [0.2, 0.25) is 15.9 Å². The molecule has 158 valence electrons. The van der Waals surface area contributed by atoms with Crippen LogP contribution in [0, 0.1) is 0 Å². The fourth-order valence-corrected chi connectivity index (χ4v) is 3.77. The molecule has 1 amide bonds. The first-order valence-electron chi connectivity index (χ1n) is 9.50. The van der Waals surface area contributed by atoms with Crippen LogP contribution < -0.4 is 5.32 Å². The second-order valence-corrected chi connectivity index (χ2v) is 9.06. The van der Waals surface area contributed by atoms with Gasteiger partial charge in [0.1, 0.15) is 6.54 Å². The average molecular weight is 406 g/mol. The van der Waals surface area contributed by atoms with Gasteiger partial charge in [-0.25, -0.2) is 13.4 Å². The van der Waals surface area contributed by atoms with Gasteiger partial charge >= 0.3 is 0 Å². The minimum atomic E-state index is -3.32. The normalized spacial score (nSPS) is 16.7. The van der Waals surface area contributed by atoms with Gasteiger partial charge in [0.15, 0.2) is 5.96 Å². The largest absolute Gasteiger partial charge is 0.378 e. The summed E-state index contributed by atoms with van der Waals surface area (Å²) in [5.74, 6) is 0.585. The minimum absolute atomic E-state index is 0.00243. The molecule has 1 saturated heterocycles. The van der Waals surface area contributed by atoms with Gasteiger partial charge < -0.3 is 19.9 Å². The van der Waals surface area contributed by atoms with Crippen molar-refractivity contribution in [3.05, 3.63) is 0 Å². The zero-order valence-corrected chi connectivity index (χ0v) is 18.1. The molecule has 0 unspecified atom stereocenters. The van der Waals surface area contributed by atoms with Crippen LogP contribution >= 0.6 is 0 Å². The zero-order valence-electron chi connectivity index (χ0n) is 17.3. The summed E-state index contributed by atoms with van der Waals surface area (Å²) in [5, 5.41) is 3.25. The van der Waals surface area contributed by atoms with Crippen LogP contribution in [0.15, 0.2) is 4.99 Å². The lowest BCUT2D eigenvalue weighted by molar-refractivity contribution is -0.127. The summed E-state index contributed by atoms with van der Waals surface area (Å²) in [6, 6.07) is 0. The predicted molar refractivity (Wildman–Crippen MR) is 107 cm³/mol. The monoisotopic (exact) mass is 405 g/mol. The number of carbonyl (C=O) groups is 1. The zero-order chi connectivity index (χ0) is 20.4. The van der Waals surface area contributed by atoms with Gasteiger partial charge in [-0.3, -0.25) is 4.79 Å². The van der Waals surface area contributed by atoms with Gasteiger partial charge in [-0.15, -0.1) is 0 Å². The highest BCUT2D eigenvalue weighted by atomic mass is 32.2. The van der Waals surface area contributed by atoms with E-state index in [1.165, 1.54) is 9.21 Å². The van der Waals surface area contributed by atoms with Crippen LogP contribution in [0.1, 0.15) is 27.2 Å². The molecule has 0 spiro atoms. The molecule has 1 fully saturated rings. The maximum atomic E-state index is 12.4. The molecule has 1 N–H and O–H groups in total. The number of nitrogens with one attached hydrogen (secondary N) is 1. The van der Waals surface area contributed by atoms with E-state index in [1.54, 1.807) is 14.1 Å². The second-order valence-electron chi connectivity index (χ2n) is 6.98. The third-order valence-electron chi connectivity index (χ3n) is 4.12. The smallest absolute Gasteiger partial charge is 0.243 e. The fraction of sp³-hybridized carbons (Fsp3) is 0.882. The van der Waals surface area contributed by atoms with Crippen LogP contribution in [-0.4, -0.2) is 106 Å². The summed E-state index contributed by atoms with van der Waals surface area (Å²) in [5.41, 5.74) is 0. The quantitative estimate of drug-likeness (QED) is 0.422. The molecule has 1 aliphatic heterocycles. The number of hydrogen-bond acceptors (Lipinski definition) is 5. The highest BCUT2D eigenvalue weighted by Gasteiger charge is 2.28. The standard InChI is InChI=1S/C17H35N5O4S/c1-6-7-18-17(19-14-16(23)20(4)5)21-8-10-22(11-9-21)27(24,25)13-12-26-15(2)3/h15H,6-14H2,1-5H3,(H,18,19). The average Bonchev–Trinajstić information content (AvgIpc) is 2.61. The van der Waals surface area contributed by atoms with Crippen LogP contribution in [0.3, 0.4) is 0 Å². The van der Waals surface area contributed by atoms with Crippen LogP contribution in [0.2, 0.25) is 0 Å². The maximum absolute atomic E-state index is 12.4. The number of carbonyl (C=O) groups excluding carboxylic acids is 1. The summed E-state index contributed by atoms with van der Waals surface area (Å²) >= 11 is 0. The fourth-order valence-electron chi connectivity index (χ4n) is 2.48. The summed E-state index contributed by atoms with van der Waals surface area (Å²) < 4.78 is 31.7. The molecule has 0 bridgehead atoms. The van der Waals surface area contributed by atoms with Gasteiger partial charge in [-0.1, -0.05) is 6.92 Å². The van der Waals surface area contributed by atoms with Crippen molar-refractivity contribution in [3.63, 3.8) is 0 Å². The van der Waals surface area contributed by atoms with E-state index >= 15 is 0 Å². The summed E-state index contributed by atoms with van der Waals surface area (Å²) in [4.78, 5) is 19.7. The molecule has 0 aromatic rings. The number of piperazine rings is 1. The van der Waals surface area contributed by atoms with Crippen molar-refractivity contribution in [2.75, 3.05) is 65.7 Å². The van der Waals surface area contributed by atoms with Gasteiger partial charge in [0.05, 0.1) is 18.5 Å². The van der Waals surface area contributed by atoms with Crippen molar-refractivity contribution in [1.82, 2.24) is 19.4 Å². The van der Waals surface area contributed by atoms with Crippen molar-refractivity contribution < 1.29 is 17.9 Å². The van der Waals surface area contributed by atoms with Gasteiger partial charge in [-0.05, 0) is 20.3 Å². The lowest BCUT2D eigenvalue weighted by Crippen LogP contribution is -2.54. The van der Waals surface area contributed by atoms with E-state index in [-0.39, 0.29) is 30.9 Å². The number of amides is 1. The molecular weight excluding hydrogens is 370 g/mol. The van der Waals surface area contributed by atoms with E-state index in [1.807, 2.05) is 18.7 Å². The number of guanidine groups is 1. The molecule has 10 heteroatoms. The Bertz CT molecular complexity index is 584. The third kappa shape index (κ3) is 8.44. The van der Waals surface area contributed by atoms with Crippen molar-refractivity contribution in [3.8, 4) is 0 Å². The molecular formula is C17H35N5O4S. The lowest BCUT2D eigenvalue weighted by atomic mass is 10.4. The molecule has 1 rings (SSSR count). The number of nitrogens with zero attached hydrogens (tertiary/aromatic N) is 4. The molecule has 27 heavy (non-hydrogen) atoms. The number of ether oxygens (including phenoxy) is 1. The summed E-state index contributed by atoms with van der Waals surface area (Å²) in [7, 11) is 0.0747. The molecule has 0 atom stereocenters. The van der Waals surface area contributed by atoms with Crippen LogP contribution in [0.5, 0.6) is 0 Å². The Morgan fingerprint density at radius 3 is 2.37 bits per heavy atom. The van der Waals surface area contributed by atoms with Crippen molar-refractivity contribution >= 4 is 21.9 Å². The van der Waals surface area contributed by atoms with E-state index in [2.05, 4.69) is 17.2 Å². The molecule has 9 nitrogen and oxygen atoms in total. The Hall–Kier alpha value is -1.39. The van der Waals surface area contributed by atoms with Crippen LogP contribution in [0.4, 0.5) is 0 Å². The number of hydrogen-bond donors (Lipinski definition) is 1. The van der Waals surface area contributed by atoms with E-state index in [4.69, 9.17) is 4.74 Å². The Balaban J connectivity index is 2.64. The number of rotatable bonds is 9. The SMILES string of the molecule is CCCNC(=NCC(=O)N(C)C)N1CCN(S(=O)(=O)CCOC(C)C)CC1. The van der Waals surface area contributed by atoms with Gasteiger partial charge in [-0.2, -0.15) is 4.31 Å². The molecule has 0 radical (unpaired) electrons. The topological polar surface area (TPSA) is 94.5 Å². The predicted octanol–water partition coefficient (Wildman–Crippen LogP) is -0.197. The molecule has 1 aliphatic rings. The Morgan fingerprint density at radius 1 is 1.22 bits per heavy atom. The first kappa shape index (κ1) is 23.6. The van der Waals surface area contributed by atoms with Crippen LogP contribution in [0.25, 0.3) is 0 Å². The second kappa shape index (κ2) is 11.5. The maximum Gasteiger partial charge on any atom is 0.243 e. The first-order valence-corrected chi connectivity index (χ1v) is 11.1. The van der Waals surface area contributed by atoms with Crippen LogP contribution in [-0.2, 0) is 19.6 Å². The number of sulfonamides is 1. The van der Waals surface area contributed by atoms with Gasteiger partial charge in [0, 0.05) is 46.8 Å². The summed E-state index contributed by atoms with van der Waals surface area (Å²) in [6.07, 6.45) is 0.954. The van der Waals surface area contributed by atoms with E-state index < -0.39 is 10.0 Å². The molecule has 1 heterocycles. The molecule has 0 aliphatic carbocycles. The Morgan fingerprint density at radius 2 is 1.85 bits per heavy atom. The number of aliphatic imine (C=N–C) groups is 1. The highest BCUT2D eigenvalue weighted by Crippen LogP contribution is 2.09. The lowest BCUT2D eigenvalue weighted by Gasteiger charge is -2.36. The minimum Gasteiger partial charge on any atom is -0.378 e. The van der Waals surface area contributed by atoms with Crippen molar-refractivity contribution in [2.24, 2.45) is 4.99 Å². The Kier molecular flexibility index (Phi) is 10.0. The first-order chi connectivity index (χ1) is 12.7. The van der Waals surface area contributed by atoms with E-state index in [0.717, 1.165) is 13.0 Å². The van der Waals surface area contributed by atoms with Crippen molar-refractivity contribution in [2.45, 2.75) is 33.3 Å². The third-order valence-corrected chi connectivity index (χ3v) is 5.95. The molecule has 0 aromatic heterocycles. The van der Waals surface area contributed by atoms with E-state index in [9.17, 15) is 13.2 Å². The van der Waals surface area contributed by atoms with Gasteiger partial charge in [0.25, 0.3) is 0 Å². The molecule has 0 aromatic carbocycles. The summed E-state index contributed by atoms with van der Waals surface area (Å²) in [6.45, 7) is 8.73. The molecule has 0 saturated carbocycles. The Labute approximate surface area is 163 Å². The van der Waals surface area contributed by atoms with E-state index in [0.29, 0.717) is 32.1 Å². The highest BCUT2D eigenvalue weighted by molar-refractivity contribution is 7.89. The number of likely N-dealkylation sites (N-methyl/N-ethyl adjacent to an activating group) is 1. The van der Waals surface area contributed by atoms with Crippen molar-refractivity contribution in [1.29, 1.82) is 0 Å².